The number of benzene rings is 1. The average molecular weight is 279 g/mol. The molecule has 0 saturated heterocycles. The summed E-state index contributed by atoms with van der Waals surface area (Å²) in [5, 5.41) is 0. The number of pyridine rings is 1. The smallest absolute Gasteiger partial charge is 0.0555 e. The lowest BCUT2D eigenvalue weighted by molar-refractivity contribution is 0.330. The molecule has 3 nitrogen and oxygen atoms in total. The summed E-state index contributed by atoms with van der Waals surface area (Å²) in [4.78, 5) is 6.64. The van der Waals surface area contributed by atoms with Crippen LogP contribution in [-0.4, -0.2) is 30.0 Å². The number of nitrogens with zero attached hydrogens (tertiary/aromatic N) is 2. The highest BCUT2D eigenvalue weighted by molar-refractivity contribution is 5.41. The van der Waals surface area contributed by atoms with Crippen molar-refractivity contribution < 1.29 is 0 Å². The molecule has 2 N–H and O–H groups in total. The van der Waals surface area contributed by atoms with Gasteiger partial charge < -0.3 is 10.6 Å². The van der Waals surface area contributed by atoms with Crippen LogP contribution in [0.5, 0.6) is 0 Å². The molecule has 0 saturated carbocycles. The molecule has 0 unspecified atom stereocenters. The van der Waals surface area contributed by atoms with Crippen molar-refractivity contribution in [2.75, 3.05) is 20.1 Å². The van der Waals surface area contributed by atoms with Gasteiger partial charge in [-0.2, -0.15) is 0 Å². The minimum absolute atomic E-state index is 0.393. The van der Waals surface area contributed by atoms with Crippen molar-refractivity contribution in [3.8, 4) is 11.8 Å². The zero-order chi connectivity index (χ0) is 14.9. The lowest BCUT2D eigenvalue weighted by atomic mass is 10.1. The van der Waals surface area contributed by atoms with E-state index in [0.717, 1.165) is 30.8 Å². The molecule has 0 amide bonds. The molecule has 1 aromatic carbocycles. The van der Waals surface area contributed by atoms with E-state index in [4.69, 9.17) is 5.73 Å². The first kappa shape index (κ1) is 15.2. The average Bonchev–Trinajstić information content (AvgIpc) is 2.53. The topological polar surface area (TPSA) is 42.2 Å². The van der Waals surface area contributed by atoms with Gasteiger partial charge in [-0.15, -0.1) is 0 Å². The SMILES string of the molecule is CN(CCc1ccccn1)Cc1ccccc1C#CCN. The van der Waals surface area contributed by atoms with Crippen LogP contribution in [-0.2, 0) is 13.0 Å². The minimum atomic E-state index is 0.393. The molecule has 0 fully saturated rings. The molecular weight excluding hydrogens is 258 g/mol. The Kier molecular flexibility index (Phi) is 5.96. The fourth-order valence-electron chi connectivity index (χ4n) is 2.15. The molecule has 0 bridgehead atoms. The van der Waals surface area contributed by atoms with Crippen molar-refractivity contribution in [3.63, 3.8) is 0 Å². The summed E-state index contributed by atoms with van der Waals surface area (Å²) in [6.07, 6.45) is 2.79. The van der Waals surface area contributed by atoms with Crippen LogP contribution in [0.4, 0.5) is 0 Å². The normalized spacial score (nSPS) is 10.2. The number of likely N-dealkylation sites (N-methyl/N-ethyl adjacent to an activating group) is 1. The van der Waals surface area contributed by atoms with Crippen molar-refractivity contribution in [3.05, 3.63) is 65.5 Å². The van der Waals surface area contributed by atoms with Crippen LogP contribution in [0.2, 0.25) is 0 Å². The van der Waals surface area contributed by atoms with Gasteiger partial charge in [0.25, 0.3) is 0 Å². The number of aromatic nitrogens is 1. The maximum Gasteiger partial charge on any atom is 0.0555 e. The second-order valence-electron chi connectivity index (χ2n) is 4.97. The van der Waals surface area contributed by atoms with E-state index >= 15 is 0 Å². The van der Waals surface area contributed by atoms with E-state index in [1.54, 1.807) is 0 Å². The van der Waals surface area contributed by atoms with Gasteiger partial charge in [-0.3, -0.25) is 4.98 Å². The van der Waals surface area contributed by atoms with Crippen LogP contribution in [0.3, 0.4) is 0 Å². The van der Waals surface area contributed by atoms with Crippen molar-refractivity contribution in [2.24, 2.45) is 5.73 Å². The molecule has 0 aliphatic rings. The summed E-state index contributed by atoms with van der Waals surface area (Å²) in [6.45, 7) is 2.24. The van der Waals surface area contributed by atoms with E-state index in [-0.39, 0.29) is 0 Å². The predicted molar refractivity (Wildman–Crippen MR) is 86.6 cm³/mol. The predicted octanol–water partition coefficient (Wildman–Crippen LogP) is 2.07. The molecule has 1 aromatic heterocycles. The van der Waals surface area contributed by atoms with Gasteiger partial charge in [0.1, 0.15) is 0 Å². The first-order valence-corrected chi connectivity index (χ1v) is 7.15. The Morgan fingerprint density at radius 3 is 2.71 bits per heavy atom. The summed E-state index contributed by atoms with van der Waals surface area (Å²) in [5.74, 6) is 6.06. The number of nitrogens with two attached hydrogens (primary N) is 1. The van der Waals surface area contributed by atoms with Gasteiger partial charge >= 0.3 is 0 Å². The lowest BCUT2D eigenvalue weighted by Crippen LogP contribution is -2.21. The highest BCUT2D eigenvalue weighted by Crippen LogP contribution is 2.10. The third-order valence-electron chi connectivity index (χ3n) is 3.26. The number of hydrogen-bond donors (Lipinski definition) is 1. The van der Waals surface area contributed by atoms with Gasteiger partial charge in [-0.1, -0.05) is 36.1 Å². The quantitative estimate of drug-likeness (QED) is 0.852. The Morgan fingerprint density at radius 1 is 1.14 bits per heavy atom. The van der Waals surface area contributed by atoms with Crippen molar-refractivity contribution in [2.45, 2.75) is 13.0 Å². The van der Waals surface area contributed by atoms with Crippen molar-refractivity contribution in [1.29, 1.82) is 0 Å². The van der Waals surface area contributed by atoms with Crippen LogP contribution in [0.1, 0.15) is 16.8 Å². The minimum Gasteiger partial charge on any atom is -0.320 e. The second-order valence-corrected chi connectivity index (χ2v) is 4.97. The first-order valence-electron chi connectivity index (χ1n) is 7.15. The molecule has 0 aliphatic heterocycles. The Balaban J connectivity index is 1.95. The van der Waals surface area contributed by atoms with Gasteiger partial charge in [0, 0.05) is 37.0 Å². The fraction of sp³-hybridized carbons (Fsp3) is 0.278. The maximum absolute atomic E-state index is 5.45. The van der Waals surface area contributed by atoms with E-state index in [1.165, 1.54) is 5.56 Å². The highest BCUT2D eigenvalue weighted by atomic mass is 15.1. The third-order valence-corrected chi connectivity index (χ3v) is 3.26. The summed E-state index contributed by atoms with van der Waals surface area (Å²) < 4.78 is 0. The Morgan fingerprint density at radius 2 is 1.95 bits per heavy atom. The van der Waals surface area contributed by atoms with Crippen molar-refractivity contribution >= 4 is 0 Å². The molecule has 2 aromatic rings. The molecular formula is C18H21N3. The molecule has 0 spiro atoms. The van der Waals surface area contributed by atoms with Crippen LogP contribution < -0.4 is 5.73 Å². The summed E-state index contributed by atoms with van der Waals surface area (Å²) in [5.41, 5.74) is 8.87. The van der Waals surface area contributed by atoms with Crippen molar-refractivity contribution in [1.82, 2.24) is 9.88 Å². The summed E-state index contributed by atoms with van der Waals surface area (Å²) in [6, 6.07) is 14.3. The molecule has 0 radical (unpaired) electrons. The Bertz CT molecular complexity index is 611. The highest BCUT2D eigenvalue weighted by Gasteiger charge is 2.04. The van der Waals surface area contributed by atoms with E-state index in [2.05, 4.69) is 47.0 Å². The molecule has 0 aliphatic carbocycles. The maximum atomic E-state index is 5.45. The summed E-state index contributed by atoms with van der Waals surface area (Å²) in [7, 11) is 2.12. The number of rotatable bonds is 5. The van der Waals surface area contributed by atoms with Gasteiger partial charge in [0.15, 0.2) is 0 Å². The van der Waals surface area contributed by atoms with Crippen LogP contribution in [0.15, 0.2) is 48.7 Å². The monoisotopic (exact) mass is 279 g/mol. The van der Waals surface area contributed by atoms with Crippen LogP contribution >= 0.6 is 0 Å². The van der Waals surface area contributed by atoms with Crippen LogP contribution in [0, 0.1) is 11.8 Å². The van der Waals surface area contributed by atoms with E-state index in [1.807, 2.05) is 30.5 Å². The fourth-order valence-corrected chi connectivity index (χ4v) is 2.15. The second kappa shape index (κ2) is 8.21. The van der Waals surface area contributed by atoms with E-state index in [9.17, 15) is 0 Å². The number of hydrogen-bond acceptors (Lipinski definition) is 3. The molecule has 108 valence electrons. The zero-order valence-electron chi connectivity index (χ0n) is 12.4. The van der Waals surface area contributed by atoms with Crippen LogP contribution in [0.25, 0.3) is 0 Å². The molecule has 0 atom stereocenters. The molecule has 3 heteroatoms. The van der Waals surface area contributed by atoms with Gasteiger partial charge in [-0.25, -0.2) is 0 Å². The van der Waals surface area contributed by atoms with Gasteiger partial charge in [0.05, 0.1) is 6.54 Å². The Hall–Kier alpha value is -2.15. The molecule has 2 rings (SSSR count). The first-order chi connectivity index (χ1) is 10.3. The Labute approximate surface area is 126 Å². The van der Waals surface area contributed by atoms with E-state index < -0.39 is 0 Å². The molecule has 21 heavy (non-hydrogen) atoms. The van der Waals surface area contributed by atoms with Gasteiger partial charge in [-0.05, 0) is 30.8 Å². The van der Waals surface area contributed by atoms with Gasteiger partial charge in [0.2, 0.25) is 0 Å². The standard InChI is InChI=1S/C18H21N3/c1-21(14-11-18-10-4-5-13-20-18)15-17-8-3-2-7-16(17)9-6-12-19/h2-5,7-8,10,13H,11-12,14-15,19H2,1H3. The summed E-state index contributed by atoms with van der Waals surface area (Å²) >= 11 is 0. The largest absolute Gasteiger partial charge is 0.320 e. The third kappa shape index (κ3) is 5.03. The zero-order valence-corrected chi connectivity index (χ0v) is 12.4. The van der Waals surface area contributed by atoms with E-state index in [0.29, 0.717) is 6.54 Å². The lowest BCUT2D eigenvalue weighted by Gasteiger charge is -2.17. The molecule has 1 heterocycles.